The van der Waals surface area contributed by atoms with Crippen molar-refractivity contribution >= 4 is 5.91 Å². The molecule has 0 aromatic heterocycles. The van der Waals surface area contributed by atoms with Crippen molar-refractivity contribution in [1.82, 2.24) is 4.90 Å². The number of aliphatic hydroxyl groups is 1. The average Bonchev–Trinajstić information content (AvgIpc) is 2.62. The number of nitrogens with zero attached hydrogens (tertiary/aromatic N) is 1. The van der Waals surface area contributed by atoms with Crippen LogP contribution in [0, 0.1) is 12.7 Å². The molecule has 17 heavy (non-hydrogen) atoms. The fraction of sp³-hybridized carbons (Fsp3) is 0.417. The predicted octanol–water partition coefficient (Wildman–Crippen LogP) is 1.29. The first-order valence-electron chi connectivity index (χ1n) is 5.36. The number of alkyl halides is 1. The summed E-state index contributed by atoms with van der Waals surface area (Å²) in [5.74, 6) is -0.765. The van der Waals surface area contributed by atoms with E-state index in [4.69, 9.17) is 0 Å². The molecule has 1 aromatic rings. The quantitative estimate of drug-likeness (QED) is 0.804. The number of halogens is 2. The van der Waals surface area contributed by atoms with Gasteiger partial charge in [-0.2, -0.15) is 0 Å². The van der Waals surface area contributed by atoms with Crippen molar-refractivity contribution in [3.05, 3.63) is 35.1 Å². The summed E-state index contributed by atoms with van der Waals surface area (Å²) >= 11 is 0. The smallest absolute Gasteiger partial charge is 0.254 e. The second-order valence-electron chi connectivity index (χ2n) is 4.26. The predicted molar refractivity (Wildman–Crippen MR) is 57.9 cm³/mol. The topological polar surface area (TPSA) is 40.5 Å². The standard InChI is InChI=1S/C12H13F2NO2/c1-7-4-8(2-3-9(7)13)12(17)15-5-10(14)11(16)6-15/h2-4,10-11,16H,5-6H2,1H3/t10-,11-/m1/s1. The third-order valence-corrected chi connectivity index (χ3v) is 2.91. The summed E-state index contributed by atoms with van der Waals surface area (Å²) in [6.07, 6.45) is -2.53. The van der Waals surface area contributed by atoms with Gasteiger partial charge in [-0.25, -0.2) is 8.78 Å². The molecule has 1 heterocycles. The van der Waals surface area contributed by atoms with Crippen LogP contribution >= 0.6 is 0 Å². The Labute approximate surface area is 97.7 Å². The molecule has 1 N–H and O–H groups in total. The first-order chi connectivity index (χ1) is 7.99. The SMILES string of the molecule is Cc1cc(C(=O)N2C[C@@H](O)[C@H](F)C2)ccc1F. The number of aryl methyl sites for hydroxylation is 1. The molecule has 0 radical (unpaired) electrons. The summed E-state index contributed by atoms with van der Waals surface area (Å²) in [4.78, 5) is 13.2. The van der Waals surface area contributed by atoms with Crippen LogP contribution < -0.4 is 0 Å². The average molecular weight is 241 g/mol. The highest BCUT2D eigenvalue weighted by atomic mass is 19.1. The van der Waals surface area contributed by atoms with Crippen LogP contribution in [0.5, 0.6) is 0 Å². The van der Waals surface area contributed by atoms with Gasteiger partial charge in [0, 0.05) is 12.1 Å². The summed E-state index contributed by atoms with van der Waals surface area (Å²) < 4.78 is 26.1. The minimum absolute atomic E-state index is 0.0174. The van der Waals surface area contributed by atoms with Gasteiger partial charge in [-0.1, -0.05) is 0 Å². The molecule has 1 aliphatic heterocycles. The lowest BCUT2D eigenvalue weighted by Crippen LogP contribution is -2.29. The van der Waals surface area contributed by atoms with Gasteiger partial charge in [0.2, 0.25) is 0 Å². The van der Waals surface area contributed by atoms with Crippen molar-refractivity contribution in [2.75, 3.05) is 13.1 Å². The van der Waals surface area contributed by atoms with Gasteiger partial charge in [0.1, 0.15) is 18.1 Å². The number of aliphatic hydroxyl groups excluding tert-OH is 1. The maximum absolute atomic E-state index is 13.1. The van der Waals surface area contributed by atoms with E-state index in [2.05, 4.69) is 0 Å². The lowest BCUT2D eigenvalue weighted by atomic mass is 10.1. The fourth-order valence-electron chi connectivity index (χ4n) is 1.87. The minimum Gasteiger partial charge on any atom is -0.388 e. The van der Waals surface area contributed by atoms with E-state index >= 15 is 0 Å². The molecule has 5 heteroatoms. The molecule has 1 saturated heterocycles. The molecule has 92 valence electrons. The second-order valence-corrected chi connectivity index (χ2v) is 4.26. The molecule has 2 rings (SSSR count). The van der Waals surface area contributed by atoms with Gasteiger partial charge in [-0.05, 0) is 30.7 Å². The molecule has 0 unspecified atom stereocenters. The molecular weight excluding hydrogens is 228 g/mol. The number of rotatable bonds is 1. The molecule has 3 nitrogen and oxygen atoms in total. The molecule has 1 amide bonds. The number of carbonyl (C=O) groups is 1. The van der Waals surface area contributed by atoms with Crippen molar-refractivity contribution in [2.45, 2.75) is 19.2 Å². The van der Waals surface area contributed by atoms with Crippen molar-refractivity contribution in [3.63, 3.8) is 0 Å². The van der Waals surface area contributed by atoms with Crippen molar-refractivity contribution < 1.29 is 18.7 Å². The molecule has 2 atom stereocenters. The van der Waals surface area contributed by atoms with Crippen molar-refractivity contribution in [1.29, 1.82) is 0 Å². The Kier molecular flexibility index (Phi) is 3.11. The Morgan fingerprint density at radius 3 is 2.71 bits per heavy atom. The normalized spacial score (nSPS) is 24.1. The van der Waals surface area contributed by atoms with E-state index in [0.29, 0.717) is 11.1 Å². The van der Waals surface area contributed by atoms with Gasteiger partial charge in [-0.3, -0.25) is 4.79 Å². The first-order valence-corrected chi connectivity index (χ1v) is 5.36. The Morgan fingerprint density at radius 2 is 2.18 bits per heavy atom. The summed E-state index contributed by atoms with van der Waals surface area (Å²) in [6.45, 7) is 1.43. The van der Waals surface area contributed by atoms with Crippen molar-refractivity contribution in [2.24, 2.45) is 0 Å². The Bertz CT molecular complexity index is 440. The third kappa shape index (κ3) is 2.29. The first kappa shape index (κ1) is 12.0. The monoisotopic (exact) mass is 241 g/mol. The van der Waals surface area contributed by atoms with E-state index in [-0.39, 0.29) is 24.8 Å². The molecule has 1 aromatic carbocycles. The molecule has 0 aliphatic carbocycles. The van der Waals surface area contributed by atoms with Crippen LogP contribution in [-0.4, -0.2) is 41.3 Å². The zero-order valence-corrected chi connectivity index (χ0v) is 9.36. The number of β-amino-alcohol motifs (C(OH)–C–C–N with tert-alkyl or cyclic N) is 1. The van der Waals surface area contributed by atoms with Crippen LogP contribution in [0.15, 0.2) is 18.2 Å². The molecule has 1 aliphatic rings. The minimum atomic E-state index is -1.40. The number of hydrogen-bond donors (Lipinski definition) is 1. The zero-order chi connectivity index (χ0) is 12.6. The van der Waals surface area contributed by atoms with Gasteiger partial charge in [0.15, 0.2) is 0 Å². The molecule has 0 bridgehead atoms. The molecule has 0 saturated carbocycles. The van der Waals surface area contributed by atoms with Gasteiger partial charge < -0.3 is 10.0 Å². The molecule has 0 spiro atoms. The summed E-state index contributed by atoms with van der Waals surface area (Å²) in [5, 5.41) is 9.23. The van der Waals surface area contributed by atoms with Crippen LogP contribution in [0.1, 0.15) is 15.9 Å². The van der Waals surface area contributed by atoms with Crippen LogP contribution in [0.25, 0.3) is 0 Å². The number of amides is 1. The summed E-state index contributed by atoms with van der Waals surface area (Å²) in [7, 11) is 0. The van der Waals surface area contributed by atoms with E-state index in [1.54, 1.807) is 6.92 Å². The van der Waals surface area contributed by atoms with E-state index < -0.39 is 12.3 Å². The van der Waals surface area contributed by atoms with E-state index in [1.807, 2.05) is 0 Å². The number of carbonyl (C=O) groups excluding carboxylic acids is 1. The summed E-state index contributed by atoms with van der Waals surface area (Å²) in [5.41, 5.74) is 0.678. The van der Waals surface area contributed by atoms with Gasteiger partial charge in [-0.15, -0.1) is 0 Å². The van der Waals surface area contributed by atoms with Crippen LogP contribution in [0.3, 0.4) is 0 Å². The maximum Gasteiger partial charge on any atom is 0.254 e. The highest BCUT2D eigenvalue weighted by Crippen LogP contribution is 2.18. The fourth-order valence-corrected chi connectivity index (χ4v) is 1.87. The van der Waals surface area contributed by atoms with Crippen LogP contribution in [0.4, 0.5) is 8.78 Å². The lowest BCUT2D eigenvalue weighted by molar-refractivity contribution is 0.0764. The number of likely N-dealkylation sites (tertiary alicyclic amines) is 1. The second kappa shape index (κ2) is 4.41. The summed E-state index contributed by atoms with van der Waals surface area (Å²) in [6, 6.07) is 4.00. The lowest BCUT2D eigenvalue weighted by Gasteiger charge is -2.15. The zero-order valence-electron chi connectivity index (χ0n) is 9.36. The van der Waals surface area contributed by atoms with Crippen LogP contribution in [0.2, 0.25) is 0 Å². The molecular formula is C12H13F2NO2. The van der Waals surface area contributed by atoms with E-state index in [0.717, 1.165) is 0 Å². The third-order valence-electron chi connectivity index (χ3n) is 2.91. The van der Waals surface area contributed by atoms with Gasteiger partial charge in [0.05, 0.1) is 6.54 Å². The Morgan fingerprint density at radius 1 is 1.47 bits per heavy atom. The number of hydrogen-bond acceptors (Lipinski definition) is 2. The van der Waals surface area contributed by atoms with E-state index in [9.17, 15) is 18.7 Å². The van der Waals surface area contributed by atoms with Crippen molar-refractivity contribution in [3.8, 4) is 0 Å². The van der Waals surface area contributed by atoms with E-state index in [1.165, 1.54) is 23.1 Å². The maximum atomic E-state index is 13.1. The highest BCUT2D eigenvalue weighted by molar-refractivity contribution is 5.94. The van der Waals surface area contributed by atoms with Crippen LogP contribution in [-0.2, 0) is 0 Å². The van der Waals surface area contributed by atoms with Gasteiger partial charge >= 0.3 is 0 Å². The number of benzene rings is 1. The van der Waals surface area contributed by atoms with Gasteiger partial charge in [0.25, 0.3) is 5.91 Å². The largest absolute Gasteiger partial charge is 0.388 e. The molecule has 1 fully saturated rings. The Balaban J connectivity index is 2.17. The highest BCUT2D eigenvalue weighted by Gasteiger charge is 2.34. The Hall–Kier alpha value is -1.49.